The largest absolute Gasteiger partial charge is 0.491 e. The van der Waals surface area contributed by atoms with Crippen molar-refractivity contribution < 1.29 is 18.7 Å². The molecular formula is C23H26FNO3. The van der Waals surface area contributed by atoms with Crippen molar-refractivity contribution in [3.63, 3.8) is 0 Å². The lowest BCUT2D eigenvalue weighted by molar-refractivity contribution is 0.0600. The lowest BCUT2D eigenvalue weighted by Crippen LogP contribution is -2.35. The van der Waals surface area contributed by atoms with Gasteiger partial charge in [0, 0.05) is 18.7 Å². The van der Waals surface area contributed by atoms with Crippen LogP contribution >= 0.6 is 0 Å². The Hall–Kier alpha value is -2.63. The summed E-state index contributed by atoms with van der Waals surface area (Å²) in [6.45, 7) is 5.36. The Kier molecular flexibility index (Phi) is 6.85. The predicted molar refractivity (Wildman–Crippen MR) is 107 cm³/mol. The maximum absolute atomic E-state index is 14.1. The molecule has 0 amide bonds. The second-order valence-corrected chi connectivity index (χ2v) is 7.13. The summed E-state index contributed by atoms with van der Waals surface area (Å²) < 4.78 is 25.3. The van der Waals surface area contributed by atoms with Crippen LogP contribution in [0, 0.1) is 19.7 Å². The highest BCUT2D eigenvalue weighted by Gasteiger charge is 2.16. The fourth-order valence-corrected chi connectivity index (χ4v) is 3.23. The number of furan rings is 1. The molecule has 0 saturated heterocycles. The number of nitrogens with zero attached hydrogens (tertiary/aromatic N) is 1. The summed E-state index contributed by atoms with van der Waals surface area (Å²) in [6, 6.07) is 16.3. The molecule has 0 aliphatic rings. The molecule has 0 aliphatic heterocycles. The third kappa shape index (κ3) is 5.94. The van der Waals surface area contributed by atoms with Gasteiger partial charge in [0.05, 0.1) is 12.8 Å². The summed E-state index contributed by atoms with van der Waals surface area (Å²) in [5.74, 6) is 1.25. The van der Waals surface area contributed by atoms with Crippen molar-refractivity contribution in [2.45, 2.75) is 33.0 Å². The van der Waals surface area contributed by atoms with Crippen molar-refractivity contribution in [2.24, 2.45) is 0 Å². The zero-order valence-electron chi connectivity index (χ0n) is 16.3. The molecule has 0 spiro atoms. The van der Waals surface area contributed by atoms with Crippen molar-refractivity contribution in [3.8, 4) is 5.75 Å². The number of halogens is 1. The molecule has 3 rings (SSSR count). The first-order valence-electron chi connectivity index (χ1n) is 9.37. The summed E-state index contributed by atoms with van der Waals surface area (Å²) in [5, 5.41) is 10.5. The molecule has 0 bridgehead atoms. The third-order valence-corrected chi connectivity index (χ3v) is 4.42. The summed E-state index contributed by atoms with van der Waals surface area (Å²) in [7, 11) is 0. The molecular weight excluding hydrogens is 357 g/mol. The molecule has 3 aromatic rings. The van der Waals surface area contributed by atoms with E-state index < -0.39 is 6.10 Å². The van der Waals surface area contributed by atoms with E-state index in [1.54, 1.807) is 18.4 Å². The smallest absolute Gasteiger partial charge is 0.127 e. The van der Waals surface area contributed by atoms with E-state index in [0.717, 1.165) is 22.6 Å². The van der Waals surface area contributed by atoms with Gasteiger partial charge >= 0.3 is 0 Å². The van der Waals surface area contributed by atoms with Crippen LogP contribution in [0.3, 0.4) is 0 Å². The molecule has 148 valence electrons. The molecule has 2 aromatic carbocycles. The Morgan fingerprint density at radius 1 is 1.04 bits per heavy atom. The molecule has 0 aliphatic carbocycles. The van der Waals surface area contributed by atoms with Gasteiger partial charge in [-0.05, 0) is 55.3 Å². The van der Waals surface area contributed by atoms with E-state index >= 15 is 0 Å². The van der Waals surface area contributed by atoms with Crippen molar-refractivity contribution in [3.05, 3.63) is 89.1 Å². The Morgan fingerprint density at radius 3 is 2.46 bits per heavy atom. The Labute approximate surface area is 165 Å². The molecule has 0 fully saturated rings. The molecule has 5 heteroatoms. The molecule has 4 nitrogen and oxygen atoms in total. The van der Waals surface area contributed by atoms with Gasteiger partial charge in [0.2, 0.25) is 0 Å². The Morgan fingerprint density at radius 2 is 1.79 bits per heavy atom. The van der Waals surface area contributed by atoms with Crippen LogP contribution in [0.2, 0.25) is 0 Å². The molecule has 1 heterocycles. The summed E-state index contributed by atoms with van der Waals surface area (Å²) in [4.78, 5) is 1.95. The first-order valence-corrected chi connectivity index (χ1v) is 9.37. The highest BCUT2D eigenvalue weighted by atomic mass is 19.1. The van der Waals surface area contributed by atoms with E-state index in [9.17, 15) is 9.50 Å². The van der Waals surface area contributed by atoms with Crippen LogP contribution in [0.25, 0.3) is 0 Å². The van der Waals surface area contributed by atoms with Gasteiger partial charge in [0.1, 0.15) is 30.0 Å². The predicted octanol–water partition coefficient (Wildman–Crippen LogP) is 4.48. The van der Waals surface area contributed by atoms with Gasteiger partial charge in [0.15, 0.2) is 0 Å². The van der Waals surface area contributed by atoms with Gasteiger partial charge in [-0.25, -0.2) is 4.39 Å². The lowest BCUT2D eigenvalue weighted by atomic mass is 10.1. The zero-order chi connectivity index (χ0) is 19.9. The van der Waals surface area contributed by atoms with Crippen LogP contribution in [0.5, 0.6) is 5.75 Å². The first kappa shape index (κ1) is 20.1. The monoisotopic (exact) mass is 383 g/mol. The van der Waals surface area contributed by atoms with Gasteiger partial charge in [-0.15, -0.1) is 0 Å². The highest BCUT2D eigenvalue weighted by Crippen LogP contribution is 2.17. The average Bonchev–Trinajstić information content (AvgIpc) is 3.14. The Bertz CT molecular complexity index is 859. The quantitative estimate of drug-likeness (QED) is 0.592. The van der Waals surface area contributed by atoms with Crippen molar-refractivity contribution >= 4 is 0 Å². The minimum Gasteiger partial charge on any atom is -0.491 e. The second-order valence-electron chi connectivity index (χ2n) is 7.13. The number of ether oxygens (including phenoxy) is 1. The van der Waals surface area contributed by atoms with Crippen molar-refractivity contribution in [2.75, 3.05) is 13.2 Å². The van der Waals surface area contributed by atoms with E-state index in [-0.39, 0.29) is 12.4 Å². The molecule has 1 unspecified atom stereocenters. The van der Waals surface area contributed by atoms with Gasteiger partial charge in [0.25, 0.3) is 0 Å². The second kappa shape index (κ2) is 9.53. The maximum atomic E-state index is 14.1. The van der Waals surface area contributed by atoms with Crippen molar-refractivity contribution in [1.82, 2.24) is 4.90 Å². The fraction of sp³-hybridized carbons (Fsp3) is 0.304. The molecule has 0 saturated carbocycles. The molecule has 28 heavy (non-hydrogen) atoms. The fourth-order valence-electron chi connectivity index (χ4n) is 3.23. The van der Waals surface area contributed by atoms with Gasteiger partial charge in [-0.1, -0.05) is 24.3 Å². The van der Waals surface area contributed by atoms with Gasteiger partial charge in [-0.2, -0.15) is 0 Å². The number of aliphatic hydroxyl groups is 1. The number of aliphatic hydroxyl groups excluding tert-OH is 1. The van der Waals surface area contributed by atoms with Crippen LogP contribution in [-0.2, 0) is 13.1 Å². The normalized spacial score (nSPS) is 12.3. The number of hydrogen-bond acceptors (Lipinski definition) is 4. The average molecular weight is 383 g/mol. The number of benzene rings is 2. The topological polar surface area (TPSA) is 45.8 Å². The molecule has 1 aromatic heterocycles. The molecule has 1 atom stereocenters. The number of rotatable bonds is 9. The summed E-state index contributed by atoms with van der Waals surface area (Å²) in [6.07, 6.45) is 0.888. The van der Waals surface area contributed by atoms with Crippen LogP contribution in [-0.4, -0.2) is 29.3 Å². The van der Waals surface area contributed by atoms with E-state index in [1.165, 1.54) is 6.07 Å². The zero-order valence-corrected chi connectivity index (χ0v) is 16.3. The lowest BCUT2D eigenvalue weighted by Gasteiger charge is -2.24. The molecule has 0 radical (unpaired) electrons. The minimum atomic E-state index is -0.720. The standard InChI is InChI=1S/C23H26FNO3/c1-17-10-18(2)12-22(11-17)28-16-20(26)14-25(15-21-7-5-9-27-21)13-19-6-3-4-8-23(19)24/h3-12,20,26H,13-16H2,1-2H3. The van der Waals surface area contributed by atoms with Gasteiger partial charge < -0.3 is 14.3 Å². The summed E-state index contributed by atoms with van der Waals surface area (Å²) >= 11 is 0. The van der Waals surface area contributed by atoms with Crippen LogP contribution in [0.4, 0.5) is 4.39 Å². The van der Waals surface area contributed by atoms with E-state index in [0.29, 0.717) is 25.2 Å². The number of hydrogen-bond donors (Lipinski definition) is 1. The maximum Gasteiger partial charge on any atom is 0.127 e. The summed E-state index contributed by atoms with van der Waals surface area (Å²) in [5.41, 5.74) is 2.81. The van der Waals surface area contributed by atoms with Crippen LogP contribution < -0.4 is 4.74 Å². The highest BCUT2D eigenvalue weighted by molar-refractivity contribution is 5.33. The SMILES string of the molecule is Cc1cc(C)cc(OCC(O)CN(Cc2ccco2)Cc2ccccc2F)c1. The first-order chi connectivity index (χ1) is 13.5. The van der Waals surface area contributed by atoms with Crippen LogP contribution in [0.15, 0.2) is 65.3 Å². The third-order valence-electron chi connectivity index (χ3n) is 4.42. The van der Waals surface area contributed by atoms with Crippen molar-refractivity contribution in [1.29, 1.82) is 0 Å². The molecule has 1 N–H and O–H groups in total. The minimum absolute atomic E-state index is 0.162. The van der Waals surface area contributed by atoms with Gasteiger partial charge in [-0.3, -0.25) is 4.90 Å². The number of aryl methyl sites for hydroxylation is 2. The Balaban J connectivity index is 1.63. The van der Waals surface area contributed by atoms with E-state index in [4.69, 9.17) is 9.15 Å². The van der Waals surface area contributed by atoms with E-state index in [2.05, 4.69) is 6.07 Å². The van der Waals surface area contributed by atoms with Crippen LogP contribution in [0.1, 0.15) is 22.5 Å². The van der Waals surface area contributed by atoms with E-state index in [1.807, 2.05) is 49.1 Å².